The van der Waals surface area contributed by atoms with Crippen molar-refractivity contribution < 1.29 is 28.5 Å². The number of methoxy groups -OCH3 is 2. The van der Waals surface area contributed by atoms with Crippen LogP contribution in [0.2, 0.25) is 0 Å². The lowest BCUT2D eigenvalue weighted by molar-refractivity contribution is -0.251. The molecule has 10 atom stereocenters. The Kier molecular flexibility index (Phi) is 10.9. The Morgan fingerprint density at radius 2 is 1.30 bits per heavy atom. The van der Waals surface area contributed by atoms with Crippen molar-refractivity contribution in [2.45, 2.75) is 112 Å². The number of carbonyl (C=O) groups excluding carboxylic acids is 2. The second-order valence-electron chi connectivity index (χ2n) is 19.7. The average Bonchev–Trinajstić information content (AvgIpc) is 3.57. The fraction of sp³-hybridized carbons (Fsp3) is 0.600. The van der Waals surface area contributed by atoms with E-state index >= 15 is 0 Å². The Hall–Kier alpha value is -3.80. The Balaban J connectivity index is 1.06. The highest BCUT2D eigenvalue weighted by Gasteiger charge is 2.71. The lowest BCUT2D eigenvalue weighted by Gasteiger charge is -2.73. The normalized spacial score (nSPS) is 37.1. The minimum Gasteiger partial charge on any atom is -0.497 e. The average molecular weight is 763 g/mol. The molecular formula is C50H66O6. The zero-order valence-corrected chi connectivity index (χ0v) is 35.3. The molecule has 0 bridgehead atoms. The third-order valence-electron chi connectivity index (χ3n) is 17.0. The Morgan fingerprint density at radius 1 is 0.696 bits per heavy atom. The quantitative estimate of drug-likeness (QED) is 0.136. The largest absolute Gasteiger partial charge is 0.497 e. The van der Waals surface area contributed by atoms with Crippen molar-refractivity contribution in [1.29, 1.82) is 0 Å². The van der Waals surface area contributed by atoms with E-state index < -0.39 is 0 Å². The minimum absolute atomic E-state index is 0.00649. The first-order valence-corrected chi connectivity index (χ1v) is 21.3. The van der Waals surface area contributed by atoms with Gasteiger partial charge in [0.15, 0.2) is 0 Å². The van der Waals surface area contributed by atoms with Crippen molar-refractivity contribution >= 4 is 24.1 Å². The van der Waals surface area contributed by atoms with Crippen molar-refractivity contribution in [2.75, 3.05) is 20.8 Å². The number of esters is 2. The first-order chi connectivity index (χ1) is 26.6. The van der Waals surface area contributed by atoms with Gasteiger partial charge in [0.05, 0.1) is 20.8 Å². The zero-order valence-electron chi connectivity index (χ0n) is 35.3. The summed E-state index contributed by atoms with van der Waals surface area (Å²) in [5, 5.41) is 0. The van der Waals surface area contributed by atoms with E-state index in [-0.39, 0.29) is 45.1 Å². The molecule has 0 amide bonds. The minimum atomic E-state index is -0.264. The predicted molar refractivity (Wildman–Crippen MR) is 224 cm³/mol. The van der Waals surface area contributed by atoms with Crippen LogP contribution in [0.15, 0.2) is 72.8 Å². The van der Waals surface area contributed by atoms with E-state index in [2.05, 4.69) is 48.1 Å². The smallest absolute Gasteiger partial charge is 0.331 e. The number of allylic oxidation sites excluding steroid dienone is 1. The number of fused-ring (bicyclic) bond motifs is 7. The van der Waals surface area contributed by atoms with Crippen molar-refractivity contribution in [3.8, 4) is 11.5 Å². The molecule has 5 saturated carbocycles. The van der Waals surface area contributed by atoms with E-state index in [1.165, 1.54) is 31.3 Å². The molecule has 6 nitrogen and oxygen atoms in total. The van der Waals surface area contributed by atoms with Gasteiger partial charge in [-0.15, -0.1) is 0 Å². The molecule has 0 radical (unpaired) electrons. The first kappa shape index (κ1) is 40.4. The summed E-state index contributed by atoms with van der Waals surface area (Å²) in [6, 6.07) is 15.4. The van der Waals surface area contributed by atoms with Crippen LogP contribution < -0.4 is 9.47 Å². The number of carbonyl (C=O) groups is 2. The van der Waals surface area contributed by atoms with Crippen molar-refractivity contribution in [3.05, 3.63) is 84.0 Å². The fourth-order valence-electron chi connectivity index (χ4n) is 13.9. The van der Waals surface area contributed by atoms with Gasteiger partial charge in [-0.1, -0.05) is 71.0 Å². The second-order valence-corrected chi connectivity index (χ2v) is 19.7. The van der Waals surface area contributed by atoms with E-state index in [0.29, 0.717) is 36.2 Å². The number of ether oxygens (including phenoxy) is 4. The van der Waals surface area contributed by atoms with Crippen LogP contribution in [-0.2, 0) is 19.1 Å². The maximum Gasteiger partial charge on any atom is 0.331 e. The summed E-state index contributed by atoms with van der Waals surface area (Å²) in [5.41, 5.74) is 3.62. The van der Waals surface area contributed by atoms with Crippen LogP contribution in [0.25, 0.3) is 12.2 Å². The van der Waals surface area contributed by atoms with Crippen molar-refractivity contribution in [3.63, 3.8) is 0 Å². The lowest BCUT2D eigenvalue weighted by Crippen LogP contribution is -2.67. The molecule has 0 heterocycles. The highest BCUT2D eigenvalue weighted by atomic mass is 16.5. The lowest BCUT2D eigenvalue weighted by atomic mass is 9.32. The molecule has 6 heteroatoms. The summed E-state index contributed by atoms with van der Waals surface area (Å²) >= 11 is 0. The molecular weight excluding hydrogens is 697 g/mol. The number of hydrogen-bond donors (Lipinski definition) is 0. The molecule has 0 saturated heterocycles. The highest BCUT2D eigenvalue weighted by molar-refractivity contribution is 5.87. The van der Waals surface area contributed by atoms with Gasteiger partial charge in [0.1, 0.15) is 17.6 Å². The van der Waals surface area contributed by atoms with Gasteiger partial charge in [-0.05, 0) is 165 Å². The molecule has 56 heavy (non-hydrogen) atoms. The third kappa shape index (κ3) is 6.85. The van der Waals surface area contributed by atoms with E-state index in [9.17, 15) is 9.59 Å². The van der Waals surface area contributed by atoms with Crippen molar-refractivity contribution in [2.24, 2.45) is 56.7 Å². The highest BCUT2D eigenvalue weighted by Crippen LogP contribution is 2.77. The standard InChI is InChI=1S/C50H66O6/c1-33(2)38-24-29-50(32-55-43(51)22-14-34-10-16-36(53-8)17-11-34)31-30-48(6)39(45(38)50)20-21-41-47(5)27-26-42(46(3,4)40(47)25-28-49(41,48)7)56-44(52)23-15-35-12-18-37(54-9)19-13-35/h10-19,22-23,38-42,45H,1,20-21,24-32H2,2-9H3. The van der Waals surface area contributed by atoms with Crippen LogP contribution in [0.3, 0.4) is 0 Å². The van der Waals surface area contributed by atoms with E-state index in [0.717, 1.165) is 61.2 Å². The van der Waals surface area contributed by atoms with Gasteiger partial charge in [-0.2, -0.15) is 0 Å². The molecule has 302 valence electrons. The van der Waals surface area contributed by atoms with Crippen LogP contribution in [0.4, 0.5) is 0 Å². The van der Waals surface area contributed by atoms with Crippen LogP contribution >= 0.6 is 0 Å². The topological polar surface area (TPSA) is 71.1 Å². The second kappa shape index (κ2) is 15.2. The van der Waals surface area contributed by atoms with Crippen LogP contribution in [0, 0.1) is 56.7 Å². The summed E-state index contributed by atoms with van der Waals surface area (Å²) in [4.78, 5) is 26.4. The molecule has 0 N–H and O–H groups in total. The molecule has 2 aromatic rings. The maximum atomic E-state index is 13.2. The Bertz CT molecular complexity index is 1840. The molecule has 2 aromatic carbocycles. The molecule has 0 aromatic heterocycles. The fourth-order valence-corrected chi connectivity index (χ4v) is 13.9. The summed E-state index contributed by atoms with van der Waals surface area (Å²) in [7, 11) is 3.31. The third-order valence-corrected chi connectivity index (χ3v) is 17.0. The zero-order chi connectivity index (χ0) is 40.1. The van der Waals surface area contributed by atoms with Gasteiger partial charge in [0, 0.05) is 23.0 Å². The first-order valence-electron chi connectivity index (χ1n) is 21.3. The van der Waals surface area contributed by atoms with Crippen LogP contribution in [-0.4, -0.2) is 38.9 Å². The molecule has 0 spiro atoms. The molecule has 7 rings (SSSR count). The number of benzene rings is 2. The van der Waals surface area contributed by atoms with Gasteiger partial charge in [0.2, 0.25) is 0 Å². The SMILES string of the molecule is C=C(C)C1CCC2(COC(=O)C=Cc3ccc(OC)cc3)CCC3(C)C(CCC4C5(C)CCC(OC(=O)C=Cc6ccc(OC)cc6)C(C)(C)C5CCC43C)C12. The molecule has 10 unspecified atom stereocenters. The van der Waals surface area contributed by atoms with Gasteiger partial charge in [0.25, 0.3) is 0 Å². The predicted octanol–water partition coefficient (Wildman–Crippen LogP) is 11.5. The molecule has 0 aliphatic heterocycles. The Morgan fingerprint density at radius 3 is 1.89 bits per heavy atom. The van der Waals surface area contributed by atoms with Gasteiger partial charge < -0.3 is 18.9 Å². The van der Waals surface area contributed by atoms with Crippen molar-refractivity contribution in [1.82, 2.24) is 0 Å². The number of hydrogen-bond acceptors (Lipinski definition) is 6. The Labute approximate surface area is 336 Å². The van der Waals surface area contributed by atoms with E-state index in [1.807, 2.05) is 60.7 Å². The summed E-state index contributed by atoms with van der Waals surface area (Å²) in [6.07, 6.45) is 18.0. The molecule has 5 fully saturated rings. The van der Waals surface area contributed by atoms with Crippen LogP contribution in [0.5, 0.6) is 11.5 Å². The monoisotopic (exact) mass is 762 g/mol. The maximum absolute atomic E-state index is 13.2. The van der Waals surface area contributed by atoms with Gasteiger partial charge >= 0.3 is 11.9 Å². The van der Waals surface area contributed by atoms with Crippen LogP contribution in [0.1, 0.15) is 117 Å². The summed E-state index contributed by atoms with van der Waals surface area (Å²) in [5.74, 6) is 3.65. The van der Waals surface area contributed by atoms with E-state index in [4.69, 9.17) is 18.9 Å². The summed E-state index contributed by atoms with van der Waals surface area (Å²) < 4.78 is 23.1. The summed E-state index contributed by atoms with van der Waals surface area (Å²) in [6.45, 7) is 19.9. The van der Waals surface area contributed by atoms with E-state index in [1.54, 1.807) is 26.4 Å². The molecule has 5 aliphatic rings. The van der Waals surface area contributed by atoms with Gasteiger partial charge in [-0.3, -0.25) is 0 Å². The number of rotatable bonds is 10. The molecule has 5 aliphatic carbocycles. The van der Waals surface area contributed by atoms with Gasteiger partial charge in [-0.25, -0.2) is 9.59 Å².